The van der Waals surface area contributed by atoms with E-state index >= 15 is 0 Å². The number of aromatic amines is 1. The van der Waals surface area contributed by atoms with Gasteiger partial charge >= 0.3 is 0 Å². The Balaban J connectivity index is 1.59. The molecular formula is C22H26N4O2. The van der Waals surface area contributed by atoms with Gasteiger partial charge in [-0.15, -0.1) is 0 Å². The van der Waals surface area contributed by atoms with Crippen LogP contribution in [0.4, 0.5) is 0 Å². The van der Waals surface area contributed by atoms with Crippen molar-refractivity contribution < 1.29 is 9.53 Å². The quantitative estimate of drug-likeness (QED) is 0.758. The highest BCUT2D eigenvalue weighted by atomic mass is 16.5. The van der Waals surface area contributed by atoms with Crippen molar-refractivity contribution in [1.29, 1.82) is 0 Å². The molecule has 1 aliphatic heterocycles. The number of imidazole rings is 1. The minimum Gasteiger partial charge on any atom is -0.497 e. The minimum absolute atomic E-state index is 0.0667. The molecule has 0 radical (unpaired) electrons. The van der Waals surface area contributed by atoms with E-state index in [1.807, 2.05) is 42.2 Å². The Morgan fingerprint density at radius 1 is 1.18 bits per heavy atom. The summed E-state index contributed by atoms with van der Waals surface area (Å²) in [4.78, 5) is 25.0. The lowest BCUT2D eigenvalue weighted by atomic mass is 9.93. The molecule has 0 aliphatic carbocycles. The number of likely N-dealkylation sites (tertiary alicyclic amines) is 1. The molecule has 0 spiro atoms. The summed E-state index contributed by atoms with van der Waals surface area (Å²) in [6, 6.07) is 14.1. The fourth-order valence-electron chi connectivity index (χ4n) is 4.11. The van der Waals surface area contributed by atoms with Gasteiger partial charge in [-0.05, 0) is 56.9 Å². The van der Waals surface area contributed by atoms with Crippen LogP contribution in [-0.4, -0.2) is 66.0 Å². The van der Waals surface area contributed by atoms with Crippen LogP contribution >= 0.6 is 0 Å². The Morgan fingerprint density at radius 3 is 2.61 bits per heavy atom. The topological polar surface area (TPSA) is 61.5 Å². The van der Waals surface area contributed by atoms with Crippen LogP contribution in [0.15, 0.2) is 42.5 Å². The molecule has 6 heteroatoms. The Morgan fingerprint density at radius 2 is 1.93 bits per heavy atom. The molecule has 6 nitrogen and oxygen atoms in total. The van der Waals surface area contributed by atoms with E-state index in [-0.39, 0.29) is 17.9 Å². The summed E-state index contributed by atoms with van der Waals surface area (Å²) in [5, 5.41) is 0. The van der Waals surface area contributed by atoms with Crippen molar-refractivity contribution in [1.82, 2.24) is 19.8 Å². The summed E-state index contributed by atoms with van der Waals surface area (Å²) in [6.45, 7) is 3.33. The smallest absolute Gasteiger partial charge is 0.254 e. The van der Waals surface area contributed by atoms with Gasteiger partial charge in [-0.2, -0.15) is 0 Å². The number of carbonyl (C=O) groups excluding carboxylic acids is 1. The molecule has 28 heavy (non-hydrogen) atoms. The number of rotatable bonds is 4. The van der Waals surface area contributed by atoms with E-state index in [1.165, 1.54) is 5.56 Å². The summed E-state index contributed by atoms with van der Waals surface area (Å²) in [7, 11) is 5.83. The van der Waals surface area contributed by atoms with Gasteiger partial charge in [0.25, 0.3) is 5.91 Å². The predicted molar refractivity (Wildman–Crippen MR) is 110 cm³/mol. The summed E-state index contributed by atoms with van der Waals surface area (Å²) in [6.07, 6.45) is 0. The average Bonchev–Trinajstić information content (AvgIpc) is 3.30. The lowest BCUT2D eigenvalue weighted by molar-refractivity contribution is 0.0782. The number of methoxy groups -OCH3 is 1. The number of ether oxygens (including phenoxy) is 1. The number of fused-ring (bicyclic) bond motifs is 1. The Labute approximate surface area is 165 Å². The maximum absolute atomic E-state index is 13.2. The first-order chi connectivity index (χ1) is 13.5. The zero-order chi connectivity index (χ0) is 19.8. The third-order valence-electron chi connectivity index (χ3n) is 5.63. The molecule has 1 saturated heterocycles. The third kappa shape index (κ3) is 3.36. The number of nitrogens with zero attached hydrogens (tertiary/aromatic N) is 3. The van der Waals surface area contributed by atoms with E-state index in [0.717, 1.165) is 22.6 Å². The molecule has 1 fully saturated rings. The summed E-state index contributed by atoms with van der Waals surface area (Å²) in [5.41, 5.74) is 3.72. The maximum Gasteiger partial charge on any atom is 0.254 e. The normalized spacial score (nSPS) is 19.5. The average molecular weight is 378 g/mol. The predicted octanol–water partition coefficient (Wildman–Crippen LogP) is 3.05. The van der Waals surface area contributed by atoms with Crippen molar-refractivity contribution in [2.24, 2.45) is 0 Å². The largest absolute Gasteiger partial charge is 0.497 e. The molecule has 1 N–H and O–H groups in total. The van der Waals surface area contributed by atoms with E-state index in [2.05, 4.69) is 41.1 Å². The van der Waals surface area contributed by atoms with E-state index in [1.54, 1.807) is 7.11 Å². The SMILES string of the molecule is COc1ccc([C@@H]2CN(C(=O)c3ccc4nc(C)[nH]c4c3)C[C@H]2N(C)C)cc1. The van der Waals surface area contributed by atoms with Crippen LogP contribution in [0.25, 0.3) is 11.0 Å². The Kier molecular flexibility index (Phi) is 4.81. The number of carbonyl (C=O) groups is 1. The standard InChI is InChI=1S/C22H26N4O2/c1-14-23-19-10-7-16(11-20(19)24-14)22(27)26-12-18(21(13-26)25(2)3)15-5-8-17(28-4)9-6-15/h5-11,18,21H,12-13H2,1-4H3,(H,23,24)/t18-,21+/m0/s1. The van der Waals surface area contributed by atoms with Gasteiger partial charge in [-0.1, -0.05) is 12.1 Å². The fraction of sp³-hybridized carbons (Fsp3) is 0.364. The molecule has 0 bridgehead atoms. The number of hydrogen-bond donors (Lipinski definition) is 1. The molecule has 2 atom stereocenters. The number of nitrogens with one attached hydrogen (secondary N) is 1. The first-order valence-electron chi connectivity index (χ1n) is 9.52. The second-order valence-electron chi connectivity index (χ2n) is 7.67. The van der Waals surface area contributed by atoms with Crippen LogP contribution in [-0.2, 0) is 0 Å². The fourth-order valence-corrected chi connectivity index (χ4v) is 4.11. The van der Waals surface area contributed by atoms with E-state index in [9.17, 15) is 4.79 Å². The molecule has 2 heterocycles. The first-order valence-corrected chi connectivity index (χ1v) is 9.52. The minimum atomic E-state index is 0.0667. The van der Waals surface area contributed by atoms with Crippen LogP contribution in [0.2, 0.25) is 0 Å². The molecule has 1 amide bonds. The van der Waals surface area contributed by atoms with E-state index < -0.39 is 0 Å². The number of H-pyrrole nitrogens is 1. The molecule has 146 valence electrons. The van der Waals surface area contributed by atoms with Gasteiger partial charge in [0.15, 0.2) is 0 Å². The number of aromatic nitrogens is 2. The number of aryl methyl sites for hydroxylation is 1. The van der Waals surface area contributed by atoms with Gasteiger partial charge in [-0.25, -0.2) is 4.98 Å². The number of hydrogen-bond acceptors (Lipinski definition) is 4. The highest BCUT2D eigenvalue weighted by Crippen LogP contribution is 2.32. The molecule has 0 unspecified atom stereocenters. The lowest BCUT2D eigenvalue weighted by Gasteiger charge is -2.25. The van der Waals surface area contributed by atoms with E-state index in [0.29, 0.717) is 18.7 Å². The second-order valence-corrected chi connectivity index (χ2v) is 7.67. The molecule has 0 saturated carbocycles. The van der Waals surface area contributed by atoms with Crippen molar-refractivity contribution in [3.63, 3.8) is 0 Å². The molecule has 1 aromatic heterocycles. The second kappa shape index (κ2) is 7.28. The summed E-state index contributed by atoms with van der Waals surface area (Å²) >= 11 is 0. The zero-order valence-electron chi connectivity index (χ0n) is 16.8. The van der Waals surface area contributed by atoms with Crippen LogP contribution in [0.3, 0.4) is 0 Å². The maximum atomic E-state index is 13.2. The van der Waals surface area contributed by atoms with Gasteiger partial charge in [0.05, 0.1) is 18.1 Å². The van der Waals surface area contributed by atoms with Crippen molar-refractivity contribution >= 4 is 16.9 Å². The Bertz CT molecular complexity index is 993. The van der Waals surface area contributed by atoms with Gasteiger partial charge in [0.2, 0.25) is 0 Å². The highest BCUT2D eigenvalue weighted by molar-refractivity contribution is 5.97. The molecule has 2 aromatic carbocycles. The number of likely N-dealkylation sites (N-methyl/N-ethyl adjacent to an activating group) is 1. The van der Waals surface area contributed by atoms with Crippen molar-refractivity contribution in [2.45, 2.75) is 18.9 Å². The van der Waals surface area contributed by atoms with Gasteiger partial charge < -0.3 is 19.5 Å². The third-order valence-corrected chi connectivity index (χ3v) is 5.63. The molecule has 4 rings (SSSR count). The van der Waals surface area contributed by atoms with Crippen LogP contribution in [0.1, 0.15) is 27.7 Å². The van der Waals surface area contributed by atoms with Gasteiger partial charge in [0, 0.05) is 30.6 Å². The summed E-state index contributed by atoms with van der Waals surface area (Å²) in [5.74, 6) is 2.03. The highest BCUT2D eigenvalue weighted by Gasteiger charge is 2.37. The van der Waals surface area contributed by atoms with Crippen molar-refractivity contribution in [3.8, 4) is 5.75 Å². The van der Waals surface area contributed by atoms with Crippen LogP contribution < -0.4 is 4.74 Å². The van der Waals surface area contributed by atoms with Crippen LogP contribution in [0, 0.1) is 6.92 Å². The molecular weight excluding hydrogens is 352 g/mol. The zero-order valence-corrected chi connectivity index (χ0v) is 16.8. The van der Waals surface area contributed by atoms with Crippen molar-refractivity contribution in [3.05, 3.63) is 59.4 Å². The monoisotopic (exact) mass is 378 g/mol. The van der Waals surface area contributed by atoms with Gasteiger partial charge in [0.1, 0.15) is 11.6 Å². The molecule has 3 aromatic rings. The van der Waals surface area contributed by atoms with Gasteiger partial charge in [-0.3, -0.25) is 4.79 Å². The number of amides is 1. The number of benzene rings is 2. The van der Waals surface area contributed by atoms with E-state index in [4.69, 9.17) is 4.74 Å². The Hall–Kier alpha value is -2.86. The summed E-state index contributed by atoms with van der Waals surface area (Å²) < 4.78 is 5.28. The molecule has 1 aliphatic rings. The lowest BCUT2D eigenvalue weighted by Crippen LogP contribution is -2.35. The first kappa shape index (κ1) is 18.5. The van der Waals surface area contributed by atoms with Crippen molar-refractivity contribution in [2.75, 3.05) is 34.3 Å². The van der Waals surface area contributed by atoms with Crippen LogP contribution in [0.5, 0.6) is 5.75 Å².